The summed E-state index contributed by atoms with van der Waals surface area (Å²) in [7, 11) is 0. The molecule has 4 heteroatoms. The molecule has 0 bridgehead atoms. The molecule has 0 saturated carbocycles. The van der Waals surface area contributed by atoms with Crippen LogP contribution in [0.4, 0.5) is 0 Å². The third-order valence-electron chi connectivity index (χ3n) is 6.05. The van der Waals surface area contributed by atoms with Gasteiger partial charge in [0.2, 0.25) is 0 Å². The lowest BCUT2D eigenvalue weighted by Gasteiger charge is -2.25. The minimum absolute atomic E-state index is 0.321. The van der Waals surface area contributed by atoms with Gasteiger partial charge in [0, 0.05) is 29.2 Å². The normalized spacial score (nSPS) is 11.8. The van der Waals surface area contributed by atoms with Gasteiger partial charge in [-0.15, -0.1) is 0 Å². The Morgan fingerprint density at radius 1 is 0.621 bits per heavy atom. The van der Waals surface area contributed by atoms with Crippen molar-refractivity contribution in [3.63, 3.8) is 0 Å². The fourth-order valence-corrected chi connectivity index (χ4v) is 3.66. The average Bonchev–Trinajstić information content (AvgIpc) is 3.24. The lowest BCUT2D eigenvalue weighted by atomic mass is 9.84. The highest BCUT2D eigenvalue weighted by Crippen LogP contribution is 2.30. The quantitative estimate of drug-likeness (QED) is 0.458. The Hall–Kier alpha value is -3.14. The highest BCUT2D eigenvalue weighted by atomic mass is 15.1. The zero-order valence-corrected chi connectivity index (χ0v) is 18.1. The number of aryl methyl sites for hydroxylation is 2. The van der Waals surface area contributed by atoms with Crippen molar-refractivity contribution in [3.8, 4) is 11.6 Å². The van der Waals surface area contributed by atoms with E-state index < -0.39 is 0 Å². The molecule has 0 unspecified atom stereocenters. The molecule has 0 aliphatic heterocycles. The number of hydrogen-bond acceptors (Lipinski definition) is 2. The Kier molecular flexibility index (Phi) is 4.65. The summed E-state index contributed by atoms with van der Waals surface area (Å²) < 4.78 is 4.29. The molecule has 0 N–H and O–H groups in total. The number of hydrogen-bond donors (Lipinski definition) is 0. The van der Waals surface area contributed by atoms with Gasteiger partial charge in [-0.25, -0.2) is 9.97 Å². The summed E-state index contributed by atoms with van der Waals surface area (Å²) in [6.07, 6.45) is 4.17. The Morgan fingerprint density at radius 2 is 1.03 bits per heavy atom. The molecule has 4 heterocycles. The average molecular weight is 385 g/mol. The molecule has 4 rings (SSSR count). The van der Waals surface area contributed by atoms with Crippen molar-refractivity contribution >= 4 is 0 Å². The SMILES string of the molecule is Cc1ccn(-c2cccc(C(C)(C)c3cccc(-n4ccc(C)c4C)n3)n2)c1C. The second-order valence-corrected chi connectivity index (χ2v) is 8.30. The molecule has 0 amide bonds. The molecule has 4 aromatic heterocycles. The van der Waals surface area contributed by atoms with Crippen LogP contribution in [-0.2, 0) is 5.41 Å². The summed E-state index contributed by atoms with van der Waals surface area (Å²) in [5, 5.41) is 0. The van der Waals surface area contributed by atoms with Crippen LogP contribution in [0.25, 0.3) is 11.6 Å². The van der Waals surface area contributed by atoms with Crippen molar-refractivity contribution in [2.75, 3.05) is 0 Å². The van der Waals surface area contributed by atoms with Gasteiger partial charge in [-0.2, -0.15) is 0 Å². The number of aromatic nitrogens is 4. The molecule has 0 radical (unpaired) electrons. The van der Waals surface area contributed by atoms with Gasteiger partial charge in [0.05, 0.1) is 11.4 Å². The topological polar surface area (TPSA) is 35.6 Å². The molecule has 0 aliphatic carbocycles. The third-order valence-corrected chi connectivity index (χ3v) is 6.05. The molecule has 29 heavy (non-hydrogen) atoms. The van der Waals surface area contributed by atoms with E-state index in [0.29, 0.717) is 0 Å². The zero-order valence-electron chi connectivity index (χ0n) is 18.1. The number of nitrogens with zero attached hydrogens (tertiary/aromatic N) is 4. The van der Waals surface area contributed by atoms with E-state index in [2.05, 4.69) is 112 Å². The first-order chi connectivity index (χ1) is 13.8. The predicted molar refractivity (Wildman–Crippen MR) is 118 cm³/mol. The Balaban J connectivity index is 1.76. The second-order valence-electron chi connectivity index (χ2n) is 8.30. The molecule has 0 fully saturated rings. The van der Waals surface area contributed by atoms with E-state index in [1.165, 1.54) is 22.5 Å². The molecule has 0 spiro atoms. The first-order valence-electron chi connectivity index (χ1n) is 10.0. The van der Waals surface area contributed by atoms with E-state index in [4.69, 9.17) is 9.97 Å². The molecular weight excluding hydrogens is 356 g/mol. The summed E-state index contributed by atoms with van der Waals surface area (Å²) in [5.74, 6) is 1.88. The number of pyridine rings is 2. The van der Waals surface area contributed by atoms with E-state index in [0.717, 1.165) is 23.0 Å². The van der Waals surface area contributed by atoms with E-state index in [1.54, 1.807) is 0 Å². The van der Waals surface area contributed by atoms with Crippen molar-refractivity contribution in [2.24, 2.45) is 0 Å². The highest BCUT2D eigenvalue weighted by Gasteiger charge is 2.27. The molecule has 0 atom stereocenters. The summed E-state index contributed by atoms with van der Waals surface area (Å²) in [6, 6.07) is 16.7. The van der Waals surface area contributed by atoms with Crippen LogP contribution in [0.2, 0.25) is 0 Å². The predicted octanol–water partition coefficient (Wildman–Crippen LogP) is 5.62. The van der Waals surface area contributed by atoms with Crippen LogP contribution in [0.3, 0.4) is 0 Å². The molecule has 0 saturated heterocycles. The summed E-state index contributed by atoms with van der Waals surface area (Å²) in [4.78, 5) is 10.0. The van der Waals surface area contributed by atoms with Gasteiger partial charge in [-0.3, -0.25) is 0 Å². The lowest BCUT2D eigenvalue weighted by molar-refractivity contribution is 0.591. The lowest BCUT2D eigenvalue weighted by Crippen LogP contribution is -2.23. The summed E-state index contributed by atoms with van der Waals surface area (Å²) in [6.45, 7) is 12.9. The van der Waals surface area contributed by atoms with Crippen LogP contribution < -0.4 is 0 Å². The molecule has 4 aromatic rings. The zero-order chi connectivity index (χ0) is 20.8. The van der Waals surface area contributed by atoms with E-state index >= 15 is 0 Å². The molecular formula is C25H28N4. The minimum atomic E-state index is -0.321. The van der Waals surface area contributed by atoms with Crippen molar-refractivity contribution < 1.29 is 0 Å². The van der Waals surface area contributed by atoms with E-state index in [9.17, 15) is 0 Å². The van der Waals surface area contributed by atoms with Crippen LogP contribution in [-0.4, -0.2) is 19.1 Å². The first kappa shape index (κ1) is 19.2. The highest BCUT2D eigenvalue weighted by molar-refractivity contribution is 5.39. The summed E-state index contributed by atoms with van der Waals surface area (Å²) >= 11 is 0. The van der Waals surface area contributed by atoms with Crippen molar-refractivity contribution in [1.82, 2.24) is 19.1 Å². The fraction of sp³-hybridized carbons (Fsp3) is 0.280. The van der Waals surface area contributed by atoms with Crippen LogP contribution in [0.5, 0.6) is 0 Å². The van der Waals surface area contributed by atoms with Gasteiger partial charge < -0.3 is 9.13 Å². The minimum Gasteiger partial charge on any atom is -0.306 e. The maximum absolute atomic E-state index is 5.01. The van der Waals surface area contributed by atoms with Gasteiger partial charge in [-0.1, -0.05) is 12.1 Å². The smallest absolute Gasteiger partial charge is 0.137 e. The molecule has 4 nitrogen and oxygen atoms in total. The Labute approximate surface area is 172 Å². The Bertz CT molecular complexity index is 1090. The van der Waals surface area contributed by atoms with Gasteiger partial charge in [0.25, 0.3) is 0 Å². The molecule has 0 aliphatic rings. The van der Waals surface area contributed by atoms with E-state index in [1.807, 2.05) is 0 Å². The molecule has 0 aromatic carbocycles. The molecule has 148 valence electrons. The van der Waals surface area contributed by atoms with Crippen LogP contribution >= 0.6 is 0 Å². The third kappa shape index (κ3) is 3.29. The van der Waals surface area contributed by atoms with Gasteiger partial charge in [0.15, 0.2) is 0 Å². The van der Waals surface area contributed by atoms with E-state index in [-0.39, 0.29) is 5.41 Å². The van der Waals surface area contributed by atoms with Gasteiger partial charge in [0.1, 0.15) is 11.6 Å². The standard InChI is InChI=1S/C25H28N4/c1-17-13-15-28(19(17)3)23-11-7-9-21(26-23)25(5,6)22-10-8-12-24(27-22)29-16-14-18(2)20(29)4/h7-16H,1-6H3. The van der Waals surface area contributed by atoms with Gasteiger partial charge >= 0.3 is 0 Å². The first-order valence-corrected chi connectivity index (χ1v) is 10.0. The van der Waals surface area contributed by atoms with Crippen LogP contribution in [0.1, 0.15) is 47.8 Å². The van der Waals surface area contributed by atoms with Crippen molar-refractivity contribution in [2.45, 2.75) is 47.0 Å². The largest absolute Gasteiger partial charge is 0.306 e. The fourth-order valence-electron chi connectivity index (χ4n) is 3.66. The Morgan fingerprint density at radius 3 is 1.38 bits per heavy atom. The van der Waals surface area contributed by atoms with Crippen molar-refractivity contribution in [1.29, 1.82) is 0 Å². The van der Waals surface area contributed by atoms with Crippen molar-refractivity contribution in [3.05, 3.63) is 94.8 Å². The van der Waals surface area contributed by atoms with Gasteiger partial charge in [-0.05, 0) is 89.1 Å². The maximum Gasteiger partial charge on any atom is 0.137 e. The summed E-state index contributed by atoms with van der Waals surface area (Å²) in [5.41, 5.74) is 6.65. The van der Waals surface area contributed by atoms with Crippen LogP contribution in [0, 0.1) is 27.7 Å². The monoisotopic (exact) mass is 384 g/mol. The second kappa shape index (κ2) is 7.03. The number of rotatable bonds is 4. The maximum atomic E-state index is 5.01. The van der Waals surface area contributed by atoms with Crippen LogP contribution in [0.15, 0.2) is 60.9 Å².